The van der Waals surface area contributed by atoms with E-state index in [9.17, 15) is 0 Å². The molecule has 48 heavy (non-hydrogen) atoms. The summed E-state index contributed by atoms with van der Waals surface area (Å²) in [6, 6.07) is 58.1. The van der Waals surface area contributed by atoms with Gasteiger partial charge in [-0.1, -0.05) is 140 Å². The van der Waals surface area contributed by atoms with Crippen molar-refractivity contribution in [3.8, 4) is 33.5 Å². The van der Waals surface area contributed by atoms with Crippen LogP contribution in [0.4, 0.5) is 0 Å². The van der Waals surface area contributed by atoms with Crippen LogP contribution >= 0.6 is 0 Å². The molecule has 0 N–H and O–H groups in total. The van der Waals surface area contributed by atoms with E-state index in [4.69, 9.17) is 4.98 Å². The minimum absolute atomic E-state index is 0.998. The highest BCUT2D eigenvalue weighted by Crippen LogP contribution is 2.55. The van der Waals surface area contributed by atoms with Crippen LogP contribution in [0.3, 0.4) is 0 Å². The van der Waals surface area contributed by atoms with Crippen molar-refractivity contribution in [2.75, 3.05) is 0 Å². The maximum Gasteiger partial charge on any atom is 0.0708 e. The molecule has 0 aliphatic heterocycles. The van der Waals surface area contributed by atoms with Crippen molar-refractivity contribution in [3.05, 3.63) is 164 Å². The second-order valence-electron chi connectivity index (χ2n) is 13.0. The summed E-state index contributed by atoms with van der Waals surface area (Å²) >= 11 is 0. The van der Waals surface area contributed by atoms with Crippen molar-refractivity contribution in [2.24, 2.45) is 0 Å². The van der Waals surface area contributed by atoms with Crippen LogP contribution in [0.2, 0.25) is 0 Å². The minimum Gasteiger partial charge on any atom is -0.256 e. The molecule has 11 rings (SSSR count). The topological polar surface area (TPSA) is 12.9 Å². The molecule has 11 aromatic rings. The highest BCUT2D eigenvalue weighted by molar-refractivity contribution is 6.45. The molecule has 1 heteroatoms. The van der Waals surface area contributed by atoms with Gasteiger partial charge in [-0.2, -0.15) is 0 Å². The zero-order chi connectivity index (χ0) is 31.3. The molecule has 0 bridgehead atoms. The van der Waals surface area contributed by atoms with Gasteiger partial charge in [0.1, 0.15) is 0 Å². The van der Waals surface area contributed by atoms with E-state index < -0.39 is 0 Å². The van der Waals surface area contributed by atoms with Crippen molar-refractivity contribution in [2.45, 2.75) is 0 Å². The van der Waals surface area contributed by atoms with Crippen molar-refractivity contribution >= 4 is 75.4 Å². The highest BCUT2D eigenvalue weighted by Gasteiger charge is 2.26. The van der Waals surface area contributed by atoms with E-state index in [2.05, 4.69) is 152 Å². The Morgan fingerprint density at radius 3 is 1.56 bits per heavy atom. The second kappa shape index (κ2) is 9.61. The first-order chi connectivity index (χ1) is 23.9. The summed E-state index contributed by atoms with van der Waals surface area (Å²) in [5, 5.41) is 18.3. The Morgan fingerprint density at radius 1 is 0.292 bits per heavy atom. The van der Waals surface area contributed by atoms with Crippen LogP contribution in [-0.2, 0) is 0 Å². The van der Waals surface area contributed by atoms with Gasteiger partial charge in [0, 0.05) is 11.8 Å². The van der Waals surface area contributed by atoms with E-state index in [-0.39, 0.29) is 0 Å². The van der Waals surface area contributed by atoms with Crippen molar-refractivity contribution in [3.63, 3.8) is 0 Å². The summed E-state index contributed by atoms with van der Waals surface area (Å²) in [6.45, 7) is 0. The van der Waals surface area contributed by atoms with Crippen LogP contribution in [-0.4, -0.2) is 4.98 Å². The van der Waals surface area contributed by atoms with Gasteiger partial charge in [-0.15, -0.1) is 0 Å². The third-order valence-corrected chi connectivity index (χ3v) is 10.6. The first-order valence-corrected chi connectivity index (χ1v) is 16.6. The Hall–Kier alpha value is -6.31. The number of hydrogen-bond acceptors (Lipinski definition) is 1. The molecule has 0 fully saturated rings. The number of fused-ring (bicyclic) bond motifs is 8. The lowest BCUT2D eigenvalue weighted by atomic mass is 9.84. The van der Waals surface area contributed by atoms with Gasteiger partial charge in [0.2, 0.25) is 0 Å². The van der Waals surface area contributed by atoms with Crippen molar-refractivity contribution < 1.29 is 0 Å². The molecule has 1 heterocycles. The van der Waals surface area contributed by atoms with Gasteiger partial charge in [-0.3, -0.25) is 4.98 Å². The number of aromatic nitrogens is 1. The van der Waals surface area contributed by atoms with E-state index in [0.717, 1.165) is 5.69 Å². The van der Waals surface area contributed by atoms with Crippen molar-refractivity contribution in [1.29, 1.82) is 0 Å². The minimum atomic E-state index is 0.998. The fraction of sp³-hybridized carbons (Fsp3) is 0. The van der Waals surface area contributed by atoms with E-state index >= 15 is 0 Å². The lowest BCUT2D eigenvalue weighted by Crippen LogP contribution is -1.91. The zero-order valence-electron chi connectivity index (χ0n) is 26.0. The van der Waals surface area contributed by atoms with Gasteiger partial charge in [0.25, 0.3) is 0 Å². The quantitative estimate of drug-likeness (QED) is 0.183. The molecule has 10 aromatic carbocycles. The number of rotatable bonds is 3. The second-order valence-corrected chi connectivity index (χ2v) is 13.0. The molecule has 0 unspecified atom stereocenters. The Labute approximate surface area is 277 Å². The lowest BCUT2D eigenvalue weighted by Gasteiger charge is -2.19. The molecule has 0 amide bonds. The summed E-state index contributed by atoms with van der Waals surface area (Å²) in [4.78, 5) is 4.78. The Balaban J connectivity index is 1.48. The fourth-order valence-corrected chi connectivity index (χ4v) is 8.76. The predicted molar refractivity (Wildman–Crippen MR) is 205 cm³/mol. The molecular formula is C47H27N. The Morgan fingerprint density at radius 2 is 0.833 bits per heavy atom. The van der Waals surface area contributed by atoms with Crippen LogP contribution in [0.15, 0.2) is 164 Å². The predicted octanol–water partition coefficient (Wildman–Crippen LogP) is 13.0. The summed E-state index contributed by atoms with van der Waals surface area (Å²) in [5.41, 5.74) is 7.25. The average Bonchev–Trinajstić information content (AvgIpc) is 3.66. The molecule has 0 spiro atoms. The molecule has 1 aromatic heterocycles. The number of hydrogen-bond donors (Lipinski definition) is 0. The van der Waals surface area contributed by atoms with Crippen LogP contribution in [0.25, 0.3) is 109 Å². The molecule has 220 valence electrons. The summed E-state index contributed by atoms with van der Waals surface area (Å²) < 4.78 is 0. The normalized spacial score (nSPS) is 12.2. The van der Waals surface area contributed by atoms with Gasteiger partial charge in [0.05, 0.1) is 5.69 Å². The first kappa shape index (κ1) is 25.8. The summed E-state index contributed by atoms with van der Waals surface area (Å²) in [6.07, 6.45) is 1.89. The van der Waals surface area contributed by atoms with E-state index in [1.807, 2.05) is 12.3 Å². The van der Waals surface area contributed by atoms with Gasteiger partial charge in [-0.05, 0) is 116 Å². The SMILES string of the molecule is c1ccc(-c2c3cc4c5ccccc5c5cccc(c3c(-c3ccccc3)c3c6ccc(-c7ccccn7)c7cccc(c23)c76)c54)cc1. The van der Waals surface area contributed by atoms with Gasteiger partial charge in [-0.25, -0.2) is 0 Å². The Bertz CT molecular complexity index is 3020. The molecule has 0 aliphatic carbocycles. The molecule has 0 aliphatic rings. The van der Waals surface area contributed by atoms with Crippen LogP contribution < -0.4 is 0 Å². The molecular weight excluding hydrogens is 579 g/mol. The van der Waals surface area contributed by atoms with Crippen LogP contribution in [0, 0.1) is 0 Å². The van der Waals surface area contributed by atoms with Crippen LogP contribution in [0.1, 0.15) is 0 Å². The molecule has 0 saturated carbocycles. The number of nitrogens with zero attached hydrogens (tertiary/aromatic N) is 1. The Kier molecular flexibility index (Phi) is 5.17. The molecule has 0 radical (unpaired) electrons. The van der Waals surface area contributed by atoms with Gasteiger partial charge >= 0.3 is 0 Å². The molecule has 0 atom stereocenters. The fourth-order valence-electron chi connectivity index (χ4n) is 8.76. The number of pyridine rings is 1. The zero-order valence-corrected chi connectivity index (χ0v) is 26.0. The van der Waals surface area contributed by atoms with Gasteiger partial charge in [0.15, 0.2) is 0 Å². The largest absolute Gasteiger partial charge is 0.256 e. The highest BCUT2D eigenvalue weighted by atomic mass is 14.7. The van der Waals surface area contributed by atoms with E-state index in [1.54, 1.807) is 0 Å². The van der Waals surface area contributed by atoms with Crippen molar-refractivity contribution in [1.82, 2.24) is 4.98 Å². The van der Waals surface area contributed by atoms with Crippen LogP contribution in [0.5, 0.6) is 0 Å². The monoisotopic (exact) mass is 605 g/mol. The third kappa shape index (κ3) is 3.32. The summed E-state index contributed by atoms with van der Waals surface area (Å²) in [7, 11) is 0. The average molecular weight is 606 g/mol. The molecule has 0 saturated heterocycles. The van der Waals surface area contributed by atoms with Gasteiger partial charge < -0.3 is 0 Å². The molecule has 1 nitrogen and oxygen atoms in total. The lowest BCUT2D eigenvalue weighted by molar-refractivity contribution is 1.33. The maximum absolute atomic E-state index is 4.78. The first-order valence-electron chi connectivity index (χ1n) is 16.6. The summed E-state index contributed by atoms with van der Waals surface area (Å²) in [5.74, 6) is 0. The standard InChI is InChI=1S/C47H27N/c1-3-13-28(14-4-1)41-39-27-38-31-18-8-7-17-30(31)33-19-11-21-35(44(33)38)45(39)42(29-15-5-2-6-16-29)47-37-25-24-32(40-23-9-10-26-48-40)34-20-12-22-36(43(34)37)46(41)47/h1-27H. The maximum atomic E-state index is 4.78. The number of benzene rings is 8. The van der Waals surface area contributed by atoms with E-state index in [0.29, 0.717) is 0 Å². The van der Waals surface area contributed by atoms with E-state index in [1.165, 1.54) is 103 Å². The smallest absolute Gasteiger partial charge is 0.0708 e. The third-order valence-electron chi connectivity index (χ3n) is 10.6.